The number of hydrogen-bond donors (Lipinski definition) is 0. The number of aryl methyl sites for hydroxylation is 1. The molecule has 0 saturated carbocycles. The summed E-state index contributed by atoms with van der Waals surface area (Å²) in [6.45, 7) is 13.9. The van der Waals surface area contributed by atoms with Crippen molar-refractivity contribution < 1.29 is 0 Å². The molecule has 5 aromatic carbocycles. The van der Waals surface area contributed by atoms with Gasteiger partial charge in [0.25, 0.3) is 0 Å². The number of rotatable bonds is 18. The van der Waals surface area contributed by atoms with Gasteiger partial charge in [0.1, 0.15) is 0 Å². The maximum absolute atomic E-state index is 2.63. The first-order valence-corrected chi connectivity index (χ1v) is 21.1. The Morgan fingerprint density at radius 1 is 0.472 bits per heavy atom. The molecule has 6 rings (SSSR count). The van der Waals surface area contributed by atoms with Crippen LogP contribution in [0.5, 0.6) is 0 Å². The number of hydrogen-bond acceptors (Lipinski definition) is 1. The van der Waals surface area contributed by atoms with Gasteiger partial charge in [-0.3, -0.25) is 0 Å². The lowest BCUT2D eigenvalue weighted by Crippen LogP contribution is -2.26. The molecule has 0 amide bonds. The minimum Gasteiger partial charge on any atom is -0.311 e. The molecule has 0 saturated heterocycles. The van der Waals surface area contributed by atoms with Crippen LogP contribution in [0.4, 0.5) is 17.1 Å². The Morgan fingerprint density at radius 3 is 1.51 bits per heavy atom. The lowest BCUT2D eigenvalue weighted by atomic mass is 9.69. The van der Waals surface area contributed by atoms with E-state index in [1.54, 1.807) is 11.1 Å². The molecular formula is C52H65N. The zero-order valence-corrected chi connectivity index (χ0v) is 33.8. The molecule has 1 aliphatic rings. The van der Waals surface area contributed by atoms with E-state index in [9.17, 15) is 0 Å². The standard InChI is InChI=1S/C52H65N/c1-7-9-11-13-15-20-36-52(37-21-16-14-12-10-8-2)49-38-42(28-34-47(49)48-35-29-43(39-50(48)52)51(4,5)6)41-26-32-46(33-27-41)53(44-22-18-17-19-23-44)45-30-24-40(3)25-31-45/h17-19,22-35,38-39H,7-16,20-21,36-37H2,1-6H3. The monoisotopic (exact) mass is 704 g/mol. The normalized spacial score (nSPS) is 13.2. The minimum atomic E-state index is 0.0624. The van der Waals surface area contributed by atoms with E-state index in [-0.39, 0.29) is 10.8 Å². The van der Waals surface area contributed by atoms with E-state index in [0.717, 1.165) is 0 Å². The molecule has 1 heteroatoms. The topological polar surface area (TPSA) is 3.24 Å². The molecule has 0 N–H and O–H groups in total. The maximum Gasteiger partial charge on any atom is 0.0462 e. The summed E-state index contributed by atoms with van der Waals surface area (Å²) in [5.74, 6) is 0. The van der Waals surface area contributed by atoms with Crippen molar-refractivity contribution in [2.24, 2.45) is 0 Å². The highest BCUT2D eigenvalue weighted by Gasteiger charge is 2.43. The molecule has 1 nitrogen and oxygen atoms in total. The molecule has 0 aromatic heterocycles. The molecule has 0 atom stereocenters. The first-order valence-electron chi connectivity index (χ1n) is 21.1. The van der Waals surface area contributed by atoms with Crippen LogP contribution in [0.15, 0.2) is 115 Å². The quantitative estimate of drug-likeness (QED) is 0.0821. The number of fused-ring (bicyclic) bond motifs is 3. The molecule has 53 heavy (non-hydrogen) atoms. The number of benzene rings is 5. The summed E-state index contributed by atoms with van der Waals surface area (Å²) >= 11 is 0. The summed E-state index contributed by atoms with van der Waals surface area (Å²) in [6.07, 6.45) is 18.5. The molecule has 0 fully saturated rings. The van der Waals surface area contributed by atoms with Crippen LogP contribution in [0.2, 0.25) is 0 Å². The second-order valence-corrected chi connectivity index (χ2v) is 16.9. The van der Waals surface area contributed by atoms with E-state index in [2.05, 4.69) is 162 Å². The number of anilines is 3. The van der Waals surface area contributed by atoms with Gasteiger partial charge in [-0.05, 0) is 107 Å². The zero-order chi connectivity index (χ0) is 37.3. The summed E-state index contributed by atoms with van der Waals surface area (Å²) in [7, 11) is 0. The molecule has 0 radical (unpaired) electrons. The molecule has 5 aromatic rings. The zero-order valence-electron chi connectivity index (χ0n) is 33.8. The first kappa shape index (κ1) is 38.6. The Kier molecular flexibility index (Phi) is 13.0. The summed E-state index contributed by atoms with van der Waals surface area (Å²) in [6, 6.07) is 43.8. The van der Waals surface area contributed by atoms with Crippen LogP contribution in [-0.4, -0.2) is 0 Å². The molecule has 0 spiro atoms. The van der Waals surface area contributed by atoms with Crippen molar-refractivity contribution in [1.82, 2.24) is 0 Å². The Bertz CT molecular complexity index is 1860. The lowest BCUT2D eigenvalue weighted by molar-refractivity contribution is 0.397. The summed E-state index contributed by atoms with van der Waals surface area (Å²) in [5.41, 5.74) is 15.2. The van der Waals surface area contributed by atoms with Gasteiger partial charge in [0, 0.05) is 22.5 Å². The van der Waals surface area contributed by atoms with Crippen molar-refractivity contribution in [3.8, 4) is 22.3 Å². The Hall–Kier alpha value is -4.10. The SMILES string of the molecule is CCCCCCCCC1(CCCCCCCC)c2cc(-c3ccc(N(c4ccccc4)c4ccc(C)cc4)cc3)ccc2-c2ccc(C(C)(C)C)cc21. The fraction of sp³-hybridized carbons (Fsp3) is 0.423. The van der Waals surface area contributed by atoms with Crippen molar-refractivity contribution in [3.63, 3.8) is 0 Å². The third kappa shape index (κ3) is 9.00. The van der Waals surface area contributed by atoms with Gasteiger partial charge in [-0.25, -0.2) is 0 Å². The Balaban J connectivity index is 1.38. The summed E-state index contributed by atoms with van der Waals surface area (Å²) in [5, 5.41) is 0. The second-order valence-electron chi connectivity index (χ2n) is 16.9. The molecular weight excluding hydrogens is 639 g/mol. The first-order chi connectivity index (χ1) is 25.7. The predicted octanol–water partition coefficient (Wildman–Crippen LogP) is 16.2. The summed E-state index contributed by atoms with van der Waals surface area (Å²) in [4.78, 5) is 2.36. The highest BCUT2D eigenvalue weighted by molar-refractivity contribution is 5.85. The van der Waals surface area contributed by atoms with Gasteiger partial charge < -0.3 is 4.90 Å². The third-order valence-electron chi connectivity index (χ3n) is 11.9. The molecule has 0 bridgehead atoms. The van der Waals surface area contributed by atoms with Crippen LogP contribution in [0.1, 0.15) is 147 Å². The number of para-hydroxylation sites is 1. The van der Waals surface area contributed by atoms with Crippen molar-refractivity contribution in [1.29, 1.82) is 0 Å². The highest BCUT2D eigenvalue weighted by atomic mass is 15.1. The van der Waals surface area contributed by atoms with Crippen LogP contribution in [0.25, 0.3) is 22.3 Å². The minimum absolute atomic E-state index is 0.0624. The summed E-state index contributed by atoms with van der Waals surface area (Å²) < 4.78 is 0. The van der Waals surface area contributed by atoms with Crippen LogP contribution in [0, 0.1) is 6.92 Å². The fourth-order valence-electron chi connectivity index (χ4n) is 8.74. The predicted molar refractivity (Wildman–Crippen MR) is 232 cm³/mol. The fourth-order valence-corrected chi connectivity index (χ4v) is 8.74. The van der Waals surface area contributed by atoms with Crippen LogP contribution >= 0.6 is 0 Å². The molecule has 278 valence electrons. The van der Waals surface area contributed by atoms with E-state index in [4.69, 9.17) is 0 Å². The van der Waals surface area contributed by atoms with Crippen LogP contribution < -0.4 is 4.90 Å². The van der Waals surface area contributed by atoms with Gasteiger partial charge in [0.05, 0.1) is 0 Å². The van der Waals surface area contributed by atoms with Crippen molar-refractivity contribution in [2.45, 2.75) is 142 Å². The molecule has 0 unspecified atom stereocenters. The van der Waals surface area contributed by atoms with Gasteiger partial charge >= 0.3 is 0 Å². The highest BCUT2D eigenvalue weighted by Crippen LogP contribution is 2.56. The smallest absolute Gasteiger partial charge is 0.0462 e. The van der Waals surface area contributed by atoms with Crippen molar-refractivity contribution >= 4 is 17.1 Å². The van der Waals surface area contributed by atoms with Crippen LogP contribution in [-0.2, 0) is 10.8 Å². The number of unbranched alkanes of at least 4 members (excludes halogenated alkanes) is 10. The molecule has 0 heterocycles. The van der Waals surface area contributed by atoms with E-state index >= 15 is 0 Å². The lowest BCUT2D eigenvalue weighted by Gasteiger charge is -2.34. The molecule has 1 aliphatic carbocycles. The average Bonchev–Trinajstić information content (AvgIpc) is 3.44. The van der Waals surface area contributed by atoms with E-state index in [1.165, 1.54) is 140 Å². The van der Waals surface area contributed by atoms with Crippen LogP contribution in [0.3, 0.4) is 0 Å². The van der Waals surface area contributed by atoms with Gasteiger partial charge in [0.2, 0.25) is 0 Å². The maximum atomic E-state index is 2.63. The number of nitrogens with zero attached hydrogens (tertiary/aromatic N) is 1. The van der Waals surface area contributed by atoms with E-state index < -0.39 is 0 Å². The van der Waals surface area contributed by atoms with Gasteiger partial charge in [0.15, 0.2) is 0 Å². The van der Waals surface area contributed by atoms with Gasteiger partial charge in [-0.1, -0.05) is 190 Å². The van der Waals surface area contributed by atoms with Gasteiger partial charge in [-0.2, -0.15) is 0 Å². The average molecular weight is 704 g/mol. The Morgan fingerprint density at radius 2 is 0.943 bits per heavy atom. The van der Waals surface area contributed by atoms with Gasteiger partial charge in [-0.15, -0.1) is 0 Å². The Labute approximate surface area is 322 Å². The van der Waals surface area contributed by atoms with E-state index in [1.807, 2.05) is 0 Å². The largest absolute Gasteiger partial charge is 0.311 e. The van der Waals surface area contributed by atoms with E-state index in [0.29, 0.717) is 0 Å². The molecule has 0 aliphatic heterocycles. The second kappa shape index (κ2) is 17.8. The third-order valence-corrected chi connectivity index (χ3v) is 11.9. The van der Waals surface area contributed by atoms with Crippen molar-refractivity contribution in [2.75, 3.05) is 4.90 Å². The van der Waals surface area contributed by atoms with Crippen molar-refractivity contribution in [3.05, 3.63) is 138 Å².